The molecule has 0 saturated carbocycles. The highest BCUT2D eigenvalue weighted by Gasteiger charge is 2.26. The van der Waals surface area contributed by atoms with Crippen LogP contribution in [0.25, 0.3) is 61.3 Å². The van der Waals surface area contributed by atoms with Crippen molar-refractivity contribution in [2.45, 2.75) is 33.1 Å². The second kappa shape index (κ2) is 9.64. The molecule has 0 aliphatic heterocycles. The molecule has 5 aromatic carbocycles. The van der Waals surface area contributed by atoms with Crippen LogP contribution in [-0.2, 0) is 5.41 Å². The second-order valence-corrected chi connectivity index (χ2v) is 11.8. The lowest BCUT2D eigenvalue weighted by Crippen LogP contribution is -2.13. The van der Waals surface area contributed by atoms with Crippen molar-refractivity contribution in [1.29, 1.82) is 0 Å². The minimum Gasteiger partial charge on any atom is -0.464 e. The van der Waals surface area contributed by atoms with Crippen LogP contribution in [0, 0.1) is 6.92 Å². The van der Waals surface area contributed by atoms with Gasteiger partial charge in [0, 0.05) is 16.5 Å². The van der Waals surface area contributed by atoms with Crippen LogP contribution >= 0.6 is 0 Å². The van der Waals surface area contributed by atoms with Crippen molar-refractivity contribution in [3.63, 3.8) is 0 Å². The van der Waals surface area contributed by atoms with E-state index in [1.54, 1.807) is 0 Å². The summed E-state index contributed by atoms with van der Waals surface area (Å²) in [5.41, 5.74) is 12.1. The quantitative estimate of drug-likeness (QED) is 0.226. The maximum Gasteiger partial charge on any atom is 0.149 e. The van der Waals surface area contributed by atoms with E-state index < -0.39 is 0 Å². The molecule has 41 heavy (non-hydrogen) atoms. The lowest BCUT2D eigenvalue weighted by molar-refractivity contribution is 0.590. The van der Waals surface area contributed by atoms with Crippen molar-refractivity contribution in [2.75, 3.05) is 0 Å². The molecule has 0 saturated heterocycles. The van der Waals surface area contributed by atoms with E-state index >= 15 is 0 Å². The summed E-state index contributed by atoms with van der Waals surface area (Å²) < 4.78 is 8.46. The number of hydrogen-bond acceptors (Lipinski definition) is 2. The first-order valence-electron chi connectivity index (χ1n) is 14.1. The summed E-state index contributed by atoms with van der Waals surface area (Å²) in [5, 5.41) is 1.06. The molecule has 0 aliphatic rings. The monoisotopic (exact) mass is 532 g/mol. The number of fused-ring (bicyclic) bond motifs is 2. The largest absolute Gasteiger partial charge is 0.464 e. The Bertz CT molecular complexity index is 1960. The summed E-state index contributed by atoms with van der Waals surface area (Å²) in [5.74, 6) is 0.867. The number of nitrogens with zero attached hydrogens (tertiary/aromatic N) is 2. The highest BCUT2D eigenvalue weighted by molar-refractivity contribution is 5.98. The Labute approximate surface area is 240 Å². The fourth-order valence-electron chi connectivity index (χ4n) is 5.73. The van der Waals surface area contributed by atoms with Crippen molar-refractivity contribution in [1.82, 2.24) is 9.55 Å². The number of aromatic nitrogens is 2. The van der Waals surface area contributed by atoms with Gasteiger partial charge < -0.3 is 4.42 Å². The smallest absolute Gasteiger partial charge is 0.149 e. The Morgan fingerprint density at radius 2 is 1.27 bits per heavy atom. The highest BCUT2D eigenvalue weighted by Crippen LogP contribution is 2.44. The summed E-state index contributed by atoms with van der Waals surface area (Å²) in [7, 11) is 0. The van der Waals surface area contributed by atoms with E-state index in [1.165, 1.54) is 33.4 Å². The van der Waals surface area contributed by atoms with Crippen molar-refractivity contribution < 1.29 is 4.42 Å². The minimum absolute atomic E-state index is 0.0377. The molecule has 0 fully saturated rings. The van der Waals surface area contributed by atoms with Crippen molar-refractivity contribution in [3.8, 4) is 39.3 Å². The van der Waals surface area contributed by atoms with Crippen LogP contribution in [-0.4, -0.2) is 9.55 Å². The fourth-order valence-corrected chi connectivity index (χ4v) is 5.73. The average molecular weight is 533 g/mol. The van der Waals surface area contributed by atoms with E-state index in [2.05, 4.69) is 148 Å². The van der Waals surface area contributed by atoms with E-state index in [1.807, 2.05) is 6.26 Å². The summed E-state index contributed by atoms with van der Waals surface area (Å²) >= 11 is 0. The molecule has 3 heteroatoms. The molecule has 0 bridgehead atoms. The van der Waals surface area contributed by atoms with Gasteiger partial charge in [0.1, 0.15) is 17.7 Å². The van der Waals surface area contributed by atoms with E-state index in [9.17, 15) is 0 Å². The molecular weight excluding hydrogens is 500 g/mol. The van der Waals surface area contributed by atoms with Gasteiger partial charge in [-0.1, -0.05) is 106 Å². The molecule has 3 nitrogen and oxygen atoms in total. The SMILES string of the molecule is Cc1ccc2c(-c3nc4ccccc4n3-c3c(-c4ccccc4)cc(C(C)(C)C)cc3-c3ccccc3)coc2c1. The number of aryl methyl sites for hydroxylation is 1. The molecule has 0 N–H and O–H groups in total. The van der Waals surface area contributed by atoms with Gasteiger partial charge in [-0.2, -0.15) is 0 Å². The Hall–Kier alpha value is -4.89. The lowest BCUT2D eigenvalue weighted by Gasteiger charge is -2.26. The normalized spacial score (nSPS) is 11.9. The van der Waals surface area contributed by atoms with Crippen LogP contribution in [0.1, 0.15) is 31.9 Å². The number of para-hydroxylation sites is 2. The van der Waals surface area contributed by atoms with Gasteiger partial charge in [-0.3, -0.25) is 4.57 Å². The van der Waals surface area contributed by atoms with Gasteiger partial charge in [-0.05, 0) is 64.9 Å². The lowest BCUT2D eigenvalue weighted by atomic mass is 9.82. The second-order valence-electron chi connectivity index (χ2n) is 11.8. The molecular formula is C38H32N2O. The molecule has 2 aromatic heterocycles. The van der Waals surface area contributed by atoms with Crippen molar-refractivity contribution in [2.24, 2.45) is 0 Å². The first-order valence-corrected chi connectivity index (χ1v) is 14.1. The molecule has 2 heterocycles. The van der Waals surface area contributed by atoms with E-state index in [0.717, 1.165) is 39.1 Å². The molecule has 0 spiro atoms. The van der Waals surface area contributed by atoms with Crippen molar-refractivity contribution >= 4 is 22.0 Å². The van der Waals surface area contributed by atoms with E-state index in [0.29, 0.717) is 0 Å². The molecule has 0 aliphatic carbocycles. The molecule has 7 rings (SSSR count). The Kier molecular flexibility index (Phi) is 5.90. The summed E-state index contributed by atoms with van der Waals surface area (Å²) in [6.45, 7) is 8.93. The van der Waals surface area contributed by atoms with Crippen LogP contribution in [0.2, 0.25) is 0 Å². The zero-order valence-electron chi connectivity index (χ0n) is 23.8. The predicted molar refractivity (Wildman–Crippen MR) is 171 cm³/mol. The van der Waals surface area contributed by atoms with Crippen LogP contribution in [0.5, 0.6) is 0 Å². The van der Waals surface area contributed by atoms with Gasteiger partial charge in [0.2, 0.25) is 0 Å². The first-order chi connectivity index (χ1) is 19.9. The third-order valence-corrected chi connectivity index (χ3v) is 7.90. The summed E-state index contributed by atoms with van der Waals surface area (Å²) in [6, 6.07) is 40.9. The number of rotatable bonds is 4. The molecule has 0 unspecified atom stereocenters. The first kappa shape index (κ1) is 25.1. The minimum atomic E-state index is -0.0377. The average Bonchev–Trinajstić information content (AvgIpc) is 3.57. The number of furan rings is 1. The zero-order valence-corrected chi connectivity index (χ0v) is 23.8. The number of hydrogen-bond donors (Lipinski definition) is 0. The molecule has 200 valence electrons. The molecule has 0 amide bonds. The van der Waals surface area contributed by atoms with Crippen molar-refractivity contribution in [3.05, 3.63) is 133 Å². The summed E-state index contributed by atoms with van der Waals surface area (Å²) in [6.07, 6.45) is 1.86. The van der Waals surface area contributed by atoms with Crippen LogP contribution in [0.15, 0.2) is 126 Å². The van der Waals surface area contributed by atoms with Crippen LogP contribution in [0.3, 0.4) is 0 Å². The van der Waals surface area contributed by atoms with Gasteiger partial charge in [-0.25, -0.2) is 4.98 Å². The van der Waals surface area contributed by atoms with E-state index in [-0.39, 0.29) is 5.41 Å². The van der Waals surface area contributed by atoms with Gasteiger partial charge >= 0.3 is 0 Å². The molecule has 0 radical (unpaired) electrons. The zero-order chi connectivity index (χ0) is 28.1. The van der Waals surface area contributed by atoms with Gasteiger partial charge in [0.15, 0.2) is 0 Å². The van der Waals surface area contributed by atoms with Gasteiger partial charge in [0.05, 0.1) is 22.3 Å². The maximum absolute atomic E-state index is 6.11. The number of benzene rings is 5. The Balaban J connectivity index is 1.66. The fraction of sp³-hybridized carbons (Fsp3) is 0.132. The molecule has 0 atom stereocenters. The van der Waals surface area contributed by atoms with Gasteiger partial charge in [-0.15, -0.1) is 0 Å². The van der Waals surface area contributed by atoms with E-state index in [4.69, 9.17) is 9.40 Å². The maximum atomic E-state index is 6.11. The topological polar surface area (TPSA) is 31.0 Å². The number of imidazole rings is 1. The Morgan fingerprint density at radius 3 is 1.90 bits per heavy atom. The van der Waals surface area contributed by atoms with Crippen LogP contribution < -0.4 is 0 Å². The van der Waals surface area contributed by atoms with Crippen LogP contribution in [0.4, 0.5) is 0 Å². The predicted octanol–water partition coefficient (Wildman–Crippen LogP) is 10.4. The van der Waals surface area contributed by atoms with Gasteiger partial charge in [0.25, 0.3) is 0 Å². The molecule has 7 aromatic rings. The highest BCUT2D eigenvalue weighted by atomic mass is 16.3. The standard InChI is InChI=1S/C38H32N2O/c1-25-19-20-29-32(24-41-35(29)21-25)37-39-33-17-11-12-18-34(33)40(37)36-30(26-13-7-5-8-14-26)22-28(38(2,3)4)23-31(36)27-15-9-6-10-16-27/h5-24H,1-4H3. The summed E-state index contributed by atoms with van der Waals surface area (Å²) in [4.78, 5) is 5.25. The Morgan fingerprint density at radius 1 is 0.659 bits per heavy atom. The third kappa shape index (κ3) is 4.35. The third-order valence-electron chi connectivity index (χ3n) is 7.90.